The van der Waals surface area contributed by atoms with Crippen LogP contribution in [0.3, 0.4) is 0 Å². The van der Waals surface area contributed by atoms with Crippen molar-refractivity contribution in [1.29, 1.82) is 5.26 Å². The molecule has 3 nitrogen and oxygen atoms in total. The van der Waals surface area contributed by atoms with Crippen molar-refractivity contribution < 1.29 is 0 Å². The third-order valence-electron chi connectivity index (χ3n) is 3.04. The van der Waals surface area contributed by atoms with Gasteiger partial charge in [-0.15, -0.1) is 0 Å². The maximum absolute atomic E-state index is 8.76. The van der Waals surface area contributed by atoms with E-state index in [-0.39, 0.29) is 0 Å². The lowest BCUT2D eigenvalue weighted by molar-refractivity contribution is 0.634. The zero-order valence-electron chi connectivity index (χ0n) is 9.87. The van der Waals surface area contributed by atoms with Crippen LogP contribution in [-0.4, -0.2) is 11.2 Å². The Kier molecular flexibility index (Phi) is 4.40. The van der Waals surface area contributed by atoms with Gasteiger partial charge >= 0.3 is 0 Å². The number of benzene rings is 1. The fourth-order valence-corrected chi connectivity index (χ4v) is 2.60. The van der Waals surface area contributed by atoms with Crippen molar-refractivity contribution in [2.75, 3.05) is 5.32 Å². The molecule has 1 aromatic rings. The average Bonchev–Trinajstić information content (AvgIpc) is 2.84. The van der Waals surface area contributed by atoms with E-state index in [4.69, 9.17) is 29.1 Å². The maximum Gasteiger partial charge on any atom is 0.171 e. The minimum atomic E-state index is 0.474. The van der Waals surface area contributed by atoms with Gasteiger partial charge in [-0.3, -0.25) is 0 Å². The van der Waals surface area contributed by atoms with E-state index in [2.05, 4.69) is 10.6 Å². The van der Waals surface area contributed by atoms with Crippen LogP contribution in [0.1, 0.15) is 31.2 Å². The van der Waals surface area contributed by atoms with Gasteiger partial charge in [0, 0.05) is 6.04 Å². The van der Waals surface area contributed by atoms with Crippen LogP contribution in [0.5, 0.6) is 0 Å². The van der Waals surface area contributed by atoms with Crippen molar-refractivity contribution in [3.05, 3.63) is 28.8 Å². The number of hydrogen-bond acceptors (Lipinski definition) is 2. The van der Waals surface area contributed by atoms with Gasteiger partial charge in [0.25, 0.3) is 0 Å². The molecule has 0 bridgehead atoms. The molecule has 94 valence electrons. The molecule has 5 heteroatoms. The van der Waals surface area contributed by atoms with Gasteiger partial charge in [-0.1, -0.05) is 24.4 Å². The van der Waals surface area contributed by atoms with Crippen LogP contribution in [0.15, 0.2) is 18.2 Å². The molecule has 0 saturated heterocycles. The van der Waals surface area contributed by atoms with Crippen LogP contribution in [0.25, 0.3) is 0 Å². The highest BCUT2D eigenvalue weighted by Crippen LogP contribution is 2.23. The minimum Gasteiger partial charge on any atom is -0.360 e. The summed E-state index contributed by atoms with van der Waals surface area (Å²) in [7, 11) is 0. The molecular formula is C13H14ClN3S. The number of nitrogens with zero attached hydrogens (tertiary/aromatic N) is 1. The SMILES string of the molecule is N#Cc1ccc(NC(=S)NC2CCCC2)c(Cl)c1. The fourth-order valence-electron chi connectivity index (χ4n) is 2.10. The Bertz CT molecular complexity index is 489. The highest BCUT2D eigenvalue weighted by atomic mass is 35.5. The quantitative estimate of drug-likeness (QED) is 0.814. The Morgan fingerprint density at radius 3 is 2.72 bits per heavy atom. The van der Waals surface area contributed by atoms with E-state index in [0.717, 1.165) is 5.69 Å². The molecule has 1 aromatic carbocycles. The van der Waals surface area contributed by atoms with Crippen LogP contribution in [0, 0.1) is 11.3 Å². The van der Waals surface area contributed by atoms with E-state index in [1.807, 2.05) is 6.07 Å². The van der Waals surface area contributed by atoms with E-state index in [1.165, 1.54) is 25.7 Å². The lowest BCUT2D eigenvalue weighted by atomic mass is 10.2. The lowest BCUT2D eigenvalue weighted by Crippen LogP contribution is -2.35. The first-order valence-corrected chi connectivity index (χ1v) is 6.75. The summed E-state index contributed by atoms with van der Waals surface area (Å²) in [6.07, 6.45) is 4.86. The van der Waals surface area contributed by atoms with Gasteiger partial charge < -0.3 is 10.6 Å². The second-order valence-electron chi connectivity index (χ2n) is 4.39. The zero-order valence-corrected chi connectivity index (χ0v) is 11.4. The van der Waals surface area contributed by atoms with Crippen molar-refractivity contribution in [3.63, 3.8) is 0 Å². The molecule has 0 atom stereocenters. The summed E-state index contributed by atoms with van der Waals surface area (Å²) in [5.74, 6) is 0. The molecule has 0 aliphatic heterocycles. The van der Waals surface area contributed by atoms with Crippen LogP contribution < -0.4 is 10.6 Å². The third kappa shape index (κ3) is 3.34. The van der Waals surface area contributed by atoms with Crippen LogP contribution in [0.2, 0.25) is 5.02 Å². The summed E-state index contributed by atoms with van der Waals surface area (Å²) >= 11 is 11.3. The molecule has 1 aliphatic rings. The molecule has 0 radical (unpaired) electrons. The number of nitriles is 1. The molecule has 1 fully saturated rings. The molecule has 0 amide bonds. The largest absolute Gasteiger partial charge is 0.360 e. The molecule has 0 heterocycles. The van der Waals surface area contributed by atoms with Crippen molar-refractivity contribution in [1.82, 2.24) is 5.32 Å². The standard InChI is InChI=1S/C13H14ClN3S/c14-11-7-9(8-15)5-6-12(11)17-13(18)16-10-3-1-2-4-10/h5-7,10H,1-4H2,(H2,16,17,18). The molecule has 0 unspecified atom stereocenters. The Labute approximate surface area is 117 Å². The summed E-state index contributed by atoms with van der Waals surface area (Å²) in [5, 5.41) is 16.2. The second kappa shape index (κ2) is 6.03. The van der Waals surface area contributed by atoms with Gasteiger partial charge in [-0.05, 0) is 43.3 Å². The molecule has 0 aromatic heterocycles. The molecule has 0 spiro atoms. The number of hydrogen-bond donors (Lipinski definition) is 2. The smallest absolute Gasteiger partial charge is 0.171 e. The number of halogens is 1. The van der Waals surface area contributed by atoms with Crippen molar-refractivity contribution >= 4 is 34.6 Å². The first kappa shape index (κ1) is 13.1. The second-order valence-corrected chi connectivity index (χ2v) is 5.20. The summed E-state index contributed by atoms with van der Waals surface area (Å²) < 4.78 is 0. The Hall–Kier alpha value is -1.31. The van der Waals surface area contributed by atoms with Gasteiger partial charge in [-0.25, -0.2) is 0 Å². The topological polar surface area (TPSA) is 47.9 Å². The van der Waals surface area contributed by atoms with Gasteiger partial charge in [0.2, 0.25) is 0 Å². The molecule has 1 aliphatic carbocycles. The van der Waals surface area contributed by atoms with E-state index in [0.29, 0.717) is 21.7 Å². The highest BCUT2D eigenvalue weighted by molar-refractivity contribution is 7.80. The monoisotopic (exact) mass is 279 g/mol. The third-order valence-corrected chi connectivity index (χ3v) is 3.57. The minimum absolute atomic E-state index is 0.474. The van der Waals surface area contributed by atoms with E-state index in [9.17, 15) is 0 Å². The van der Waals surface area contributed by atoms with Crippen molar-refractivity contribution in [3.8, 4) is 6.07 Å². The van der Waals surface area contributed by atoms with E-state index >= 15 is 0 Å². The average molecular weight is 280 g/mol. The van der Waals surface area contributed by atoms with Crippen LogP contribution in [0.4, 0.5) is 5.69 Å². The highest BCUT2D eigenvalue weighted by Gasteiger charge is 2.15. The predicted octanol–water partition coefficient (Wildman–Crippen LogP) is 3.44. The van der Waals surface area contributed by atoms with E-state index in [1.54, 1.807) is 18.2 Å². The Balaban J connectivity index is 1.96. The normalized spacial score (nSPS) is 15.1. The first-order chi connectivity index (χ1) is 8.69. The van der Waals surface area contributed by atoms with Gasteiger partial charge in [-0.2, -0.15) is 5.26 Å². The molecule has 1 saturated carbocycles. The van der Waals surface area contributed by atoms with Crippen LogP contribution >= 0.6 is 23.8 Å². The van der Waals surface area contributed by atoms with Crippen molar-refractivity contribution in [2.45, 2.75) is 31.7 Å². The summed E-state index contributed by atoms with van der Waals surface area (Å²) in [6, 6.07) is 7.63. The summed E-state index contributed by atoms with van der Waals surface area (Å²) in [5.41, 5.74) is 1.27. The number of rotatable bonds is 2. The fraction of sp³-hybridized carbons (Fsp3) is 0.385. The lowest BCUT2D eigenvalue weighted by Gasteiger charge is -2.16. The molecule has 2 rings (SSSR count). The molecule has 18 heavy (non-hydrogen) atoms. The van der Waals surface area contributed by atoms with Gasteiger partial charge in [0.15, 0.2) is 5.11 Å². The number of anilines is 1. The number of nitrogens with one attached hydrogen (secondary N) is 2. The van der Waals surface area contributed by atoms with E-state index < -0.39 is 0 Å². The van der Waals surface area contributed by atoms with Gasteiger partial charge in [0.05, 0.1) is 22.3 Å². The maximum atomic E-state index is 8.76. The Morgan fingerprint density at radius 1 is 1.39 bits per heavy atom. The Morgan fingerprint density at radius 2 is 2.11 bits per heavy atom. The zero-order chi connectivity index (χ0) is 13.0. The van der Waals surface area contributed by atoms with Crippen molar-refractivity contribution in [2.24, 2.45) is 0 Å². The van der Waals surface area contributed by atoms with Gasteiger partial charge in [0.1, 0.15) is 0 Å². The predicted molar refractivity (Wildman–Crippen MR) is 77.8 cm³/mol. The summed E-state index contributed by atoms with van der Waals surface area (Å²) in [4.78, 5) is 0. The number of thiocarbonyl (C=S) groups is 1. The first-order valence-electron chi connectivity index (χ1n) is 5.96. The van der Waals surface area contributed by atoms with Crippen LogP contribution in [-0.2, 0) is 0 Å². The molecular weight excluding hydrogens is 266 g/mol. The summed E-state index contributed by atoms with van der Waals surface area (Å²) in [6.45, 7) is 0. The molecule has 2 N–H and O–H groups in total.